The molecule has 1 aliphatic rings. The van der Waals surface area contributed by atoms with Crippen molar-refractivity contribution in [3.8, 4) is 0 Å². The highest BCUT2D eigenvalue weighted by atomic mass is 127. The van der Waals surface area contributed by atoms with Crippen LogP contribution in [0.15, 0.2) is 21.3 Å². The fraction of sp³-hybridized carbons (Fsp3) is 0.286. The van der Waals surface area contributed by atoms with Crippen LogP contribution in [0.5, 0.6) is 0 Å². The number of hydrogen-bond acceptors (Lipinski definition) is 1. The van der Waals surface area contributed by atoms with E-state index in [1.54, 1.807) is 0 Å². The lowest BCUT2D eigenvalue weighted by molar-refractivity contribution is -0.104. The molecule has 0 aromatic rings. The molecular formula is C7H7IO. The maximum Gasteiger partial charge on any atom is 0.149 e. The molecule has 1 rings (SSSR count). The van der Waals surface area contributed by atoms with E-state index in [-0.39, 0.29) is 0 Å². The number of aldehydes is 1. The Hall–Kier alpha value is -0.120. The molecule has 0 aliphatic heterocycles. The Labute approximate surface area is 68.0 Å². The molecule has 0 fully saturated rings. The summed E-state index contributed by atoms with van der Waals surface area (Å²) in [5, 5.41) is 0. The van der Waals surface area contributed by atoms with Crippen LogP contribution in [0.2, 0.25) is 0 Å². The molecule has 0 aromatic heterocycles. The number of hydrogen-bond donors (Lipinski definition) is 0. The number of carbonyl (C=O) groups excluding carboxylic acids is 1. The minimum atomic E-state index is 0.825. The van der Waals surface area contributed by atoms with Crippen molar-refractivity contribution in [2.24, 2.45) is 0 Å². The van der Waals surface area contributed by atoms with Gasteiger partial charge in [0.15, 0.2) is 0 Å². The van der Waals surface area contributed by atoms with Crippen LogP contribution in [0.3, 0.4) is 0 Å². The molecule has 1 aliphatic carbocycles. The zero-order valence-corrected chi connectivity index (χ0v) is 7.09. The van der Waals surface area contributed by atoms with Gasteiger partial charge in [-0.2, -0.15) is 0 Å². The third kappa shape index (κ3) is 1.93. The van der Waals surface area contributed by atoms with E-state index in [9.17, 15) is 4.79 Å². The second-order valence-corrected chi connectivity index (χ2v) is 3.34. The molecule has 0 N–H and O–H groups in total. The highest BCUT2D eigenvalue weighted by Crippen LogP contribution is 2.20. The first-order valence-electron chi connectivity index (χ1n) is 2.84. The molecule has 2 heteroatoms. The van der Waals surface area contributed by atoms with Gasteiger partial charge in [-0.05, 0) is 45.1 Å². The van der Waals surface area contributed by atoms with Gasteiger partial charge in [0.25, 0.3) is 0 Å². The zero-order chi connectivity index (χ0) is 6.69. The average molecular weight is 234 g/mol. The molecular weight excluding hydrogens is 227 g/mol. The van der Waals surface area contributed by atoms with Crippen LogP contribution in [0, 0.1) is 0 Å². The topological polar surface area (TPSA) is 17.1 Å². The summed E-state index contributed by atoms with van der Waals surface area (Å²) in [4.78, 5) is 10.2. The van der Waals surface area contributed by atoms with E-state index in [1.165, 1.54) is 3.58 Å². The van der Waals surface area contributed by atoms with Crippen LogP contribution in [0.1, 0.15) is 12.8 Å². The molecule has 0 heterocycles. The van der Waals surface area contributed by atoms with Crippen molar-refractivity contribution in [3.05, 3.63) is 21.3 Å². The normalized spacial score (nSPS) is 18.3. The standard InChI is InChI=1S/C7H7IO/c8-7-3-1-2-6(4-7)5-9/h2,4-5H,1,3H2. The summed E-state index contributed by atoms with van der Waals surface area (Å²) in [6.07, 6.45) is 6.91. The Bertz CT molecular complexity index is 179. The minimum absolute atomic E-state index is 0.825. The molecule has 0 bridgehead atoms. The molecule has 0 aromatic carbocycles. The molecule has 9 heavy (non-hydrogen) atoms. The molecule has 48 valence electrons. The van der Waals surface area contributed by atoms with Crippen molar-refractivity contribution in [1.82, 2.24) is 0 Å². The lowest BCUT2D eigenvalue weighted by atomic mass is 10.1. The van der Waals surface area contributed by atoms with E-state index >= 15 is 0 Å². The summed E-state index contributed by atoms with van der Waals surface area (Å²) < 4.78 is 1.28. The Morgan fingerprint density at radius 2 is 2.44 bits per heavy atom. The Balaban J connectivity index is 2.74. The van der Waals surface area contributed by atoms with E-state index in [0.717, 1.165) is 24.7 Å². The Kier molecular flexibility index (Phi) is 2.45. The van der Waals surface area contributed by atoms with Gasteiger partial charge in [-0.1, -0.05) is 6.08 Å². The highest BCUT2D eigenvalue weighted by molar-refractivity contribution is 14.1. The number of halogens is 1. The van der Waals surface area contributed by atoms with Crippen LogP contribution < -0.4 is 0 Å². The second kappa shape index (κ2) is 3.15. The summed E-state index contributed by atoms with van der Waals surface area (Å²) in [6, 6.07) is 0. The van der Waals surface area contributed by atoms with Crippen LogP contribution in [-0.2, 0) is 4.79 Å². The molecule has 0 saturated heterocycles. The lowest BCUT2D eigenvalue weighted by Gasteiger charge is -2.02. The van der Waals surface area contributed by atoms with Gasteiger partial charge < -0.3 is 0 Å². The SMILES string of the molecule is O=CC1=CCCC(I)=C1. The third-order valence-electron chi connectivity index (χ3n) is 1.22. The van der Waals surface area contributed by atoms with E-state index in [1.807, 2.05) is 12.2 Å². The first kappa shape index (κ1) is 6.99. The summed E-state index contributed by atoms with van der Waals surface area (Å²) in [7, 11) is 0. The summed E-state index contributed by atoms with van der Waals surface area (Å²) in [5.74, 6) is 0. The molecule has 0 unspecified atom stereocenters. The van der Waals surface area contributed by atoms with Gasteiger partial charge in [-0.3, -0.25) is 4.79 Å². The molecule has 0 amide bonds. The maximum absolute atomic E-state index is 10.2. The van der Waals surface area contributed by atoms with Gasteiger partial charge in [0.2, 0.25) is 0 Å². The fourth-order valence-corrected chi connectivity index (χ4v) is 1.44. The van der Waals surface area contributed by atoms with E-state index in [0.29, 0.717) is 0 Å². The molecule has 0 atom stereocenters. The average Bonchev–Trinajstić information content (AvgIpc) is 1.88. The van der Waals surface area contributed by atoms with E-state index in [2.05, 4.69) is 22.6 Å². The molecule has 0 spiro atoms. The van der Waals surface area contributed by atoms with Crippen LogP contribution in [0.25, 0.3) is 0 Å². The predicted octanol–water partition coefficient (Wildman–Crippen LogP) is 2.22. The van der Waals surface area contributed by atoms with Gasteiger partial charge in [-0.25, -0.2) is 0 Å². The highest BCUT2D eigenvalue weighted by Gasteiger charge is 1.99. The summed E-state index contributed by atoms with van der Waals surface area (Å²) >= 11 is 2.26. The van der Waals surface area contributed by atoms with E-state index in [4.69, 9.17) is 0 Å². The van der Waals surface area contributed by atoms with Crippen LogP contribution in [0.4, 0.5) is 0 Å². The van der Waals surface area contributed by atoms with Crippen molar-refractivity contribution in [3.63, 3.8) is 0 Å². The maximum atomic E-state index is 10.2. The van der Waals surface area contributed by atoms with Crippen LogP contribution >= 0.6 is 22.6 Å². The van der Waals surface area contributed by atoms with Gasteiger partial charge in [0.05, 0.1) is 0 Å². The van der Waals surface area contributed by atoms with Crippen LogP contribution in [-0.4, -0.2) is 6.29 Å². The van der Waals surface area contributed by atoms with Gasteiger partial charge in [-0.15, -0.1) is 0 Å². The second-order valence-electron chi connectivity index (χ2n) is 1.95. The molecule has 0 radical (unpaired) electrons. The third-order valence-corrected chi connectivity index (χ3v) is 2.07. The smallest absolute Gasteiger partial charge is 0.149 e. The van der Waals surface area contributed by atoms with Gasteiger partial charge in [0.1, 0.15) is 6.29 Å². The van der Waals surface area contributed by atoms with Crippen molar-refractivity contribution in [1.29, 1.82) is 0 Å². The number of allylic oxidation sites excluding steroid dienone is 4. The zero-order valence-electron chi connectivity index (χ0n) is 4.93. The van der Waals surface area contributed by atoms with Gasteiger partial charge in [0, 0.05) is 5.57 Å². The fourth-order valence-electron chi connectivity index (χ4n) is 0.771. The predicted molar refractivity (Wildman–Crippen MR) is 45.5 cm³/mol. The molecule has 0 saturated carbocycles. The Morgan fingerprint density at radius 1 is 1.67 bits per heavy atom. The van der Waals surface area contributed by atoms with Crippen molar-refractivity contribution >= 4 is 28.9 Å². The number of rotatable bonds is 1. The minimum Gasteiger partial charge on any atom is -0.298 e. The van der Waals surface area contributed by atoms with Gasteiger partial charge >= 0.3 is 0 Å². The van der Waals surface area contributed by atoms with E-state index < -0.39 is 0 Å². The lowest BCUT2D eigenvalue weighted by Crippen LogP contribution is -1.87. The van der Waals surface area contributed by atoms with Crippen molar-refractivity contribution < 1.29 is 4.79 Å². The van der Waals surface area contributed by atoms with Crippen molar-refractivity contribution in [2.45, 2.75) is 12.8 Å². The summed E-state index contributed by atoms with van der Waals surface area (Å²) in [5.41, 5.74) is 0.825. The number of carbonyl (C=O) groups is 1. The Morgan fingerprint density at radius 3 is 2.89 bits per heavy atom. The molecule has 1 nitrogen and oxygen atoms in total. The quantitative estimate of drug-likeness (QED) is 0.502. The summed E-state index contributed by atoms with van der Waals surface area (Å²) in [6.45, 7) is 0. The largest absolute Gasteiger partial charge is 0.298 e. The van der Waals surface area contributed by atoms with Crippen molar-refractivity contribution in [2.75, 3.05) is 0 Å². The monoisotopic (exact) mass is 234 g/mol. The first-order chi connectivity index (χ1) is 4.33. The first-order valence-corrected chi connectivity index (χ1v) is 3.92.